The van der Waals surface area contributed by atoms with E-state index in [1.807, 2.05) is 17.5 Å². The zero-order chi connectivity index (χ0) is 15.5. The molecular formula is C13H19N3O3S2. The second-order valence-electron chi connectivity index (χ2n) is 4.16. The molecule has 1 atom stereocenters. The minimum Gasteiger partial charge on any atom is -0.357 e. The highest BCUT2D eigenvalue weighted by Gasteiger charge is 2.18. The molecule has 0 fully saturated rings. The lowest BCUT2D eigenvalue weighted by molar-refractivity contribution is -0.129. The van der Waals surface area contributed by atoms with E-state index in [1.54, 1.807) is 11.3 Å². The summed E-state index contributed by atoms with van der Waals surface area (Å²) in [6.07, 6.45) is 1.56. The Morgan fingerprint density at radius 2 is 2.29 bits per heavy atom. The van der Waals surface area contributed by atoms with Gasteiger partial charge in [0.15, 0.2) is 0 Å². The van der Waals surface area contributed by atoms with Crippen LogP contribution in [0.3, 0.4) is 0 Å². The van der Waals surface area contributed by atoms with E-state index in [4.69, 9.17) is 0 Å². The molecule has 0 aliphatic rings. The van der Waals surface area contributed by atoms with Crippen LogP contribution in [0.4, 0.5) is 0 Å². The monoisotopic (exact) mass is 329 g/mol. The van der Waals surface area contributed by atoms with E-state index >= 15 is 0 Å². The van der Waals surface area contributed by atoms with Gasteiger partial charge >= 0.3 is 0 Å². The van der Waals surface area contributed by atoms with E-state index < -0.39 is 6.04 Å². The maximum Gasteiger partial charge on any atom is 0.242 e. The minimum absolute atomic E-state index is 0.214. The lowest BCUT2D eigenvalue weighted by Crippen LogP contribution is -2.46. The molecule has 0 spiro atoms. The van der Waals surface area contributed by atoms with Crippen LogP contribution in [0.15, 0.2) is 21.7 Å². The number of rotatable bonds is 10. The number of likely N-dealkylation sites (N-methyl/N-ethyl adjacent to an activating group) is 1. The van der Waals surface area contributed by atoms with Crippen LogP contribution in [-0.4, -0.2) is 37.7 Å². The van der Waals surface area contributed by atoms with Gasteiger partial charge in [-0.2, -0.15) is 0 Å². The minimum atomic E-state index is -0.655. The van der Waals surface area contributed by atoms with Crippen LogP contribution in [0.1, 0.15) is 19.3 Å². The number of hydrogen-bond donors (Lipinski definition) is 3. The maximum absolute atomic E-state index is 11.8. The fourth-order valence-corrected chi connectivity index (χ4v) is 3.03. The Labute approximate surface area is 132 Å². The van der Waals surface area contributed by atoms with Crippen molar-refractivity contribution >= 4 is 41.4 Å². The van der Waals surface area contributed by atoms with Gasteiger partial charge in [-0.25, -0.2) is 0 Å². The molecule has 1 heterocycles. The Morgan fingerprint density at radius 3 is 2.90 bits per heavy atom. The lowest BCUT2D eigenvalue weighted by atomic mass is 10.1. The second-order valence-corrected chi connectivity index (χ2v) is 6.30. The SMILES string of the molecule is CNC(=O)C(CCC=O)NC(=O)CCNSc1cccs1. The zero-order valence-electron chi connectivity index (χ0n) is 11.8. The summed E-state index contributed by atoms with van der Waals surface area (Å²) >= 11 is 3.10. The first kappa shape index (κ1) is 17.7. The summed E-state index contributed by atoms with van der Waals surface area (Å²) in [6, 6.07) is 3.30. The highest BCUT2D eigenvalue weighted by atomic mass is 32.2. The van der Waals surface area contributed by atoms with Crippen LogP contribution >= 0.6 is 23.3 Å². The van der Waals surface area contributed by atoms with Crippen molar-refractivity contribution in [1.29, 1.82) is 0 Å². The van der Waals surface area contributed by atoms with Gasteiger partial charge in [0.05, 0.1) is 4.21 Å². The summed E-state index contributed by atoms with van der Waals surface area (Å²) in [5.74, 6) is -0.500. The molecule has 21 heavy (non-hydrogen) atoms. The number of carbonyl (C=O) groups excluding carboxylic acids is 3. The summed E-state index contributed by atoms with van der Waals surface area (Å²) in [5.41, 5.74) is 0. The number of thiophene rings is 1. The zero-order valence-corrected chi connectivity index (χ0v) is 13.4. The van der Waals surface area contributed by atoms with Crippen molar-refractivity contribution in [2.24, 2.45) is 0 Å². The van der Waals surface area contributed by atoms with Crippen molar-refractivity contribution in [3.05, 3.63) is 17.5 Å². The van der Waals surface area contributed by atoms with Gasteiger partial charge < -0.3 is 15.4 Å². The molecule has 1 unspecified atom stereocenters. The van der Waals surface area contributed by atoms with Crippen LogP contribution in [0.5, 0.6) is 0 Å². The molecule has 0 bridgehead atoms. The van der Waals surface area contributed by atoms with E-state index in [1.165, 1.54) is 19.0 Å². The van der Waals surface area contributed by atoms with E-state index in [9.17, 15) is 14.4 Å². The standard InChI is InChI=1S/C13H19N3O3S2/c1-14-13(19)10(4-2-8-17)16-11(18)6-7-15-21-12-5-3-9-20-12/h3,5,8-10,15H,2,4,6-7H2,1H3,(H,14,19)(H,16,18). The van der Waals surface area contributed by atoms with Crippen LogP contribution in [-0.2, 0) is 14.4 Å². The Hall–Kier alpha value is -1.38. The fraction of sp³-hybridized carbons (Fsp3) is 0.462. The Bertz CT molecular complexity index is 452. The van der Waals surface area contributed by atoms with E-state index in [0.717, 1.165) is 10.5 Å². The normalized spacial score (nSPS) is 11.7. The lowest BCUT2D eigenvalue weighted by Gasteiger charge is -2.16. The molecule has 0 saturated heterocycles. The van der Waals surface area contributed by atoms with Gasteiger partial charge in [0.2, 0.25) is 11.8 Å². The maximum atomic E-state index is 11.8. The summed E-state index contributed by atoms with van der Waals surface area (Å²) in [6.45, 7) is 0.503. The van der Waals surface area contributed by atoms with E-state index in [2.05, 4.69) is 15.4 Å². The first-order chi connectivity index (χ1) is 10.2. The summed E-state index contributed by atoms with van der Waals surface area (Å²) in [7, 11) is 1.50. The number of hydrogen-bond acceptors (Lipinski definition) is 6. The third-order valence-electron chi connectivity index (χ3n) is 2.59. The molecule has 6 nitrogen and oxygen atoms in total. The molecule has 0 radical (unpaired) electrons. The summed E-state index contributed by atoms with van der Waals surface area (Å²) < 4.78 is 4.22. The quantitative estimate of drug-likeness (QED) is 0.338. The molecule has 1 aromatic rings. The number of amides is 2. The van der Waals surface area contributed by atoms with Crippen LogP contribution in [0, 0.1) is 0 Å². The van der Waals surface area contributed by atoms with Gasteiger partial charge in [-0.3, -0.25) is 14.3 Å². The molecule has 0 saturated carbocycles. The molecule has 0 aliphatic carbocycles. The third kappa shape index (κ3) is 7.26. The first-order valence-electron chi connectivity index (χ1n) is 6.55. The van der Waals surface area contributed by atoms with Crippen molar-refractivity contribution in [2.75, 3.05) is 13.6 Å². The highest BCUT2D eigenvalue weighted by Crippen LogP contribution is 2.19. The molecular weight excluding hydrogens is 310 g/mol. The highest BCUT2D eigenvalue weighted by molar-refractivity contribution is 7.99. The molecule has 1 aromatic heterocycles. The van der Waals surface area contributed by atoms with Crippen LogP contribution in [0.25, 0.3) is 0 Å². The summed E-state index contributed by atoms with van der Waals surface area (Å²) in [5, 5.41) is 7.10. The number of aldehydes is 1. The Morgan fingerprint density at radius 1 is 1.48 bits per heavy atom. The molecule has 1 rings (SSSR count). The van der Waals surface area contributed by atoms with E-state index in [-0.39, 0.29) is 24.7 Å². The molecule has 0 aliphatic heterocycles. The molecule has 8 heteroatoms. The molecule has 3 N–H and O–H groups in total. The Kier molecular flexibility index (Phi) is 8.72. The van der Waals surface area contributed by atoms with Gasteiger partial charge in [0.25, 0.3) is 0 Å². The van der Waals surface area contributed by atoms with E-state index in [0.29, 0.717) is 13.0 Å². The van der Waals surface area contributed by atoms with Gasteiger partial charge in [0.1, 0.15) is 12.3 Å². The molecule has 2 amide bonds. The fourth-order valence-electron chi connectivity index (χ4n) is 1.55. The summed E-state index contributed by atoms with van der Waals surface area (Å²) in [4.78, 5) is 33.7. The van der Waals surface area contributed by atoms with Gasteiger partial charge in [0, 0.05) is 26.4 Å². The first-order valence-corrected chi connectivity index (χ1v) is 8.24. The second kappa shape index (κ2) is 10.4. The topological polar surface area (TPSA) is 87.3 Å². The van der Waals surface area contributed by atoms with Crippen molar-refractivity contribution in [3.63, 3.8) is 0 Å². The van der Waals surface area contributed by atoms with Crippen molar-refractivity contribution in [2.45, 2.75) is 29.5 Å². The number of carbonyl (C=O) groups is 3. The van der Waals surface area contributed by atoms with Crippen LogP contribution in [0.2, 0.25) is 0 Å². The van der Waals surface area contributed by atoms with Crippen LogP contribution < -0.4 is 15.4 Å². The van der Waals surface area contributed by atoms with Crippen molar-refractivity contribution in [3.8, 4) is 0 Å². The number of nitrogens with one attached hydrogen (secondary N) is 3. The predicted octanol–water partition coefficient (Wildman–Crippen LogP) is 0.945. The molecule has 116 valence electrons. The van der Waals surface area contributed by atoms with Crippen molar-refractivity contribution in [1.82, 2.24) is 15.4 Å². The smallest absolute Gasteiger partial charge is 0.242 e. The third-order valence-corrected chi connectivity index (χ3v) is 4.48. The van der Waals surface area contributed by atoms with Gasteiger partial charge in [-0.05, 0) is 29.8 Å². The van der Waals surface area contributed by atoms with Crippen molar-refractivity contribution < 1.29 is 14.4 Å². The molecule has 0 aromatic carbocycles. The largest absolute Gasteiger partial charge is 0.357 e. The Balaban J connectivity index is 2.25. The average molecular weight is 329 g/mol. The van der Waals surface area contributed by atoms with Gasteiger partial charge in [-0.15, -0.1) is 11.3 Å². The predicted molar refractivity (Wildman–Crippen MR) is 84.1 cm³/mol. The van der Waals surface area contributed by atoms with Gasteiger partial charge in [-0.1, -0.05) is 6.07 Å². The average Bonchev–Trinajstić information content (AvgIpc) is 3.00.